The Hall–Kier alpha value is -3.38. The Labute approximate surface area is 194 Å². The average Bonchev–Trinajstić information content (AvgIpc) is 3.37. The maximum absolute atomic E-state index is 13.1. The SMILES string of the molecule is N#CN(CCO)c1ccc(CN2Cc3cccc(NC(=O)c4ccc(Cl)s4)c3C2=O)cc1. The number of nitrogens with one attached hydrogen (secondary N) is 1. The molecule has 1 aromatic heterocycles. The van der Waals surface area contributed by atoms with Crippen molar-refractivity contribution in [3.8, 4) is 6.19 Å². The molecule has 3 aromatic rings. The van der Waals surface area contributed by atoms with E-state index in [9.17, 15) is 14.9 Å². The lowest BCUT2D eigenvalue weighted by molar-refractivity contribution is 0.0767. The first-order valence-electron chi connectivity index (χ1n) is 9.85. The molecule has 0 saturated heterocycles. The van der Waals surface area contributed by atoms with E-state index >= 15 is 0 Å². The Morgan fingerprint density at radius 1 is 1.22 bits per heavy atom. The van der Waals surface area contributed by atoms with E-state index in [4.69, 9.17) is 16.7 Å². The Morgan fingerprint density at radius 3 is 2.66 bits per heavy atom. The van der Waals surface area contributed by atoms with Gasteiger partial charge in [-0.05, 0) is 41.5 Å². The standard InChI is InChI=1S/C23H19ClN4O3S/c24-20-9-8-19(32-20)22(30)26-18-3-1-2-16-13-28(23(31)21(16)18)12-15-4-6-17(7-5-15)27(14-25)10-11-29/h1-9,29H,10-13H2,(H,26,30). The van der Waals surface area contributed by atoms with Crippen molar-refractivity contribution in [2.24, 2.45) is 0 Å². The van der Waals surface area contributed by atoms with E-state index in [1.807, 2.05) is 30.5 Å². The van der Waals surface area contributed by atoms with Gasteiger partial charge in [-0.3, -0.25) is 14.5 Å². The summed E-state index contributed by atoms with van der Waals surface area (Å²) >= 11 is 7.10. The fraction of sp³-hybridized carbons (Fsp3) is 0.174. The molecule has 2 aromatic carbocycles. The second kappa shape index (κ2) is 9.40. The number of aliphatic hydroxyl groups excluding tert-OH is 1. The molecule has 1 aliphatic heterocycles. The van der Waals surface area contributed by atoms with Crippen molar-refractivity contribution >= 4 is 46.1 Å². The lowest BCUT2D eigenvalue weighted by Crippen LogP contribution is -2.24. The quantitative estimate of drug-likeness (QED) is 0.404. The Morgan fingerprint density at radius 2 is 2.00 bits per heavy atom. The van der Waals surface area contributed by atoms with Gasteiger partial charge in [-0.1, -0.05) is 35.9 Å². The summed E-state index contributed by atoms with van der Waals surface area (Å²) in [6, 6.07) is 16.0. The van der Waals surface area contributed by atoms with Crippen LogP contribution in [0.4, 0.5) is 11.4 Å². The Bertz CT molecular complexity index is 1200. The van der Waals surface area contributed by atoms with Crippen molar-refractivity contribution in [2.75, 3.05) is 23.4 Å². The molecular formula is C23H19ClN4O3S. The van der Waals surface area contributed by atoms with E-state index in [-0.39, 0.29) is 25.0 Å². The predicted molar refractivity (Wildman–Crippen MR) is 124 cm³/mol. The highest BCUT2D eigenvalue weighted by Crippen LogP contribution is 2.31. The van der Waals surface area contributed by atoms with Gasteiger partial charge in [0.15, 0.2) is 6.19 Å². The van der Waals surface area contributed by atoms with Crippen LogP contribution in [0, 0.1) is 11.5 Å². The molecule has 0 bridgehead atoms. The van der Waals surface area contributed by atoms with Gasteiger partial charge in [-0.25, -0.2) is 0 Å². The zero-order valence-electron chi connectivity index (χ0n) is 16.9. The molecule has 0 spiro atoms. The number of nitrogens with zero attached hydrogens (tertiary/aromatic N) is 3. The van der Waals surface area contributed by atoms with E-state index in [0.717, 1.165) is 11.1 Å². The van der Waals surface area contributed by atoms with Gasteiger partial charge in [0.05, 0.1) is 39.3 Å². The number of benzene rings is 2. The minimum atomic E-state index is -0.304. The van der Waals surface area contributed by atoms with E-state index in [1.165, 1.54) is 16.2 Å². The highest BCUT2D eigenvalue weighted by Gasteiger charge is 2.30. The van der Waals surface area contributed by atoms with Gasteiger partial charge in [-0.15, -0.1) is 11.3 Å². The highest BCUT2D eigenvalue weighted by molar-refractivity contribution is 7.18. The van der Waals surface area contributed by atoms with Crippen molar-refractivity contribution in [3.63, 3.8) is 0 Å². The van der Waals surface area contributed by atoms with Crippen molar-refractivity contribution in [3.05, 3.63) is 80.5 Å². The number of fused-ring (bicyclic) bond motifs is 1. The van der Waals surface area contributed by atoms with Crippen molar-refractivity contribution in [1.29, 1.82) is 5.26 Å². The van der Waals surface area contributed by atoms with Crippen LogP contribution >= 0.6 is 22.9 Å². The van der Waals surface area contributed by atoms with E-state index in [0.29, 0.717) is 39.2 Å². The largest absolute Gasteiger partial charge is 0.394 e. The number of hydrogen-bond donors (Lipinski definition) is 2. The minimum Gasteiger partial charge on any atom is -0.394 e. The molecule has 2 amide bonds. The monoisotopic (exact) mass is 466 g/mol. The second-order valence-electron chi connectivity index (χ2n) is 7.20. The van der Waals surface area contributed by atoms with Crippen molar-refractivity contribution in [2.45, 2.75) is 13.1 Å². The third-order valence-corrected chi connectivity index (χ3v) is 6.35. The van der Waals surface area contributed by atoms with E-state index in [2.05, 4.69) is 5.32 Å². The number of carbonyl (C=O) groups excluding carboxylic acids is 2. The number of nitriles is 1. The number of hydrogen-bond acceptors (Lipinski definition) is 6. The second-order valence-corrected chi connectivity index (χ2v) is 8.92. The maximum Gasteiger partial charge on any atom is 0.265 e. The van der Waals surface area contributed by atoms with Gasteiger partial charge in [0.1, 0.15) is 0 Å². The van der Waals surface area contributed by atoms with Gasteiger partial charge in [-0.2, -0.15) is 5.26 Å². The third kappa shape index (κ3) is 4.46. The topological polar surface area (TPSA) is 96.7 Å². The molecular weight excluding hydrogens is 448 g/mol. The molecule has 32 heavy (non-hydrogen) atoms. The minimum absolute atomic E-state index is 0.117. The van der Waals surface area contributed by atoms with E-state index < -0.39 is 0 Å². The third-order valence-electron chi connectivity index (χ3n) is 5.12. The first-order chi connectivity index (χ1) is 15.5. The summed E-state index contributed by atoms with van der Waals surface area (Å²) in [4.78, 5) is 29.3. The molecule has 1 aliphatic rings. The Kier molecular flexibility index (Phi) is 6.42. The van der Waals surface area contributed by atoms with Crippen LogP contribution in [0.1, 0.15) is 31.2 Å². The number of thiophene rings is 1. The molecule has 4 rings (SSSR count). The highest BCUT2D eigenvalue weighted by atomic mass is 35.5. The number of halogens is 1. The van der Waals surface area contributed by atoms with Gasteiger partial charge in [0.25, 0.3) is 11.8 Å². The summed E-state index contributed by atoms with van der Waals surface area (Å²) in [5, 5.41) is 21.1. The first kappa shape index (κ1) is 21.8. The predicted octanol–water partition coefficient (Wildman–Crippen LogP) is 4.09. The zero-order chi connectivity index (χ0) is 22.7. The lowest BCUT2D eigenvalue weighted by Gasteiger charge is -2.18. The summed E-state index contributed by atoms with van der Waals surface area (Å²) in [7, 11) is 0. The Balaban J connectivity index is 1.48. The fourth-order valence-corrected chi connectivity index (χ4v) is 4.55. The van der Waals surface area contributed by atoms with Crippen LogP contribution in [0.5, 0.6) is 0 Å². The van der Waals surface area contributed by atoms with Crippen LogP contribution < -0.4 is 10.2 Å². The van der Waals surface area contributed by atoms with Crippen molar-refractivity contribution in [1.82, 2.24) is 4.90 Å². The summed E-state index contributed by atoms with van der Waals surface area (Å²) in [5.74, 6) is -0.454. The van der Waals surface area contributed by atoms with Crippen molar-refractivity contribution < 1.29 is 14.7 Å². The average molecular weight is 467 g/mol. The summed E-state index contributed by atoms with van der Waals surface area (Å²) in [6.07, 6.45) is 2.03. The molecule has 0 aliphatic carbocycles. The summed E-state index contributed by atoms with van der Waals surface area (Å²) in [5.41, 5.74) is 3.43. The number of amides is 2. The number of carbonyl (C=O) groups is 2. The molecule has 0 unspecified atom stereocenters. The van der Waals surface area contributed by atoms with Crippen LogP contribution in [0.15, 0.2) is 54.6 Å². The van der Waals surface area contributed by atoms with Gasteiger partial charge >= 0.3 is 0 Å². The van der Waals surface area contributed by atoms with E-state index in [1.54, 1.807) is 35.2 Å². The normalized spacial score (nSPS) is 12.4. The molecule has 9 heteroatoms. The summed E-state index contributed by atoms with van der Waals surface area (Å²) in [6.45, 7) is 0.948. The van der Waals surface area contributed by atoms with Crippen LogP contribution in [0.25, 0.3) is 0 Å². The smallest absolute Gasteiger partial charge is 0.265 e. The molecule has 2 N–H and O–H groups in total. The van der Waals surface area contributed by atoms with Crippen LogP contribution in [-0.2, 0) is 13.1 Å². The molecule has 0 radical (unpaired) electrons. The van der Waals surface area contributed by atoms with Crippen LogP contribution in [-0.4, -0.2) is 35.0 Å². The van der Waals surface area contributed by atoms with Crippen LogP contribution in [0.2, 0.25) is 4.34 Å². The molecule has 0 fully saturated rings. The fourth-order valence-electron chi connectivity index (χ4n) is 3.61. The summed E-state index contributed by atoms with van der Waals surface area (Å²) < 4.78 is 0.524. The molecule has 7 nitrogen and oxygen atoms in total. The molecule has 0 saturated carbocycles. The molecule has 0 atom stereocenters. The number of aliphatic hydroxyl groups is 1. The molecule has 2 heterocycles. The van der Waals surface area contributed by atoms with Gasteiger partial charge < -0.3 is 15.3 Å². The first-order valence-corrected chi connectivity index (χ1v) is 11.0. The number of anilines is 2. The van der Waals surface area contributed by atoms with Crippen LogP contribution in [0.3, 0.4) is 0 Å². The molecule has 162 valence electrons. The van der Waals surface area contributed by atoms with Gasteiger partial charge in [0.2, 0.25) is 0 Å². The number of rotatable bonds is 7. The lowest BCUT2D eigenvalue weighted by atomic mass is 10.1. The van der Waals surface area contributed by atoms with Gasteiger partial charge in [0, 0.05) is 13.1 Å². The zero-order valence-corrected chi connectivity index (χ0v) is 18.5. The maximum atomic E-state index is 13.1.